The topological polar surface area (TPSA) is 0 Å². The largest absolute Gasteiger partial charge is 0.0888 e. The first kappa shape index (κ1) is 23.8. The molecule has 196 valence electrons. The Hall–Kier alpha value is -4.85. The van der Waals surface area contributed by atoms with Gasteiger partial charge in [-0.25, -0.2) is 0 Å². The number of benzene rings is 7. The smallest absolute Gasteiger partial charge is 0.0713 e. The van der Waals surface area contributed by atoms with Gasteiger partial charge in [0.1, 0.15) is 0 Å². The second kappa shape index (κ2) is 9.08. The summed E-state index contributed by atoms with van der Waals surface area (Å²) in [6, 6.07) is 58.5. The molecule has 1 heteroatoms. The molecule has 1 aliphatic heterocycles. The van der Waals surface area contributed by atoms with Gasteiger partial charge in [0.25, 0.3) is 0 Å². The van der Waals surface area contributed by atoms with Gasteiger partial charge in [0.2, 0.25) is 0 Å². The van der Waals surface area contributed by atoms with Gasteiger partial charge >= 0.3 is 0 Å². The van der Waals surface area contributed by atoms with Crippen molar-refractivity contribution in [2.75, 3.05) is 0 Å². The summed E-state index contributed by atoms with van der Waals surface area (Å²) in [6.07, 6.45) is 0. The molecule has 0 saturated carbocycles. The number of fused-ring (bicyclic) bond motifs is 5. The Morgan fingerprint density at radius 2 is 1.00 bits per heavy atom. The van der Waals surface area contributed by atoms with Crippen molar-refractivity contribution in [1.29, 1.82) is 0 Å². The lowest BCUT2D eigenvalue weighted by molar-refractivity contribution is 0.768. The lowest BCUT2D eigenvalue weighted by atomic mass is 9.67. The molecular weight excluding hydrogens is 525 g/mol. The molecule has 42 heavy (non-hydrogen) atoms. The van der Waals surface area contributed by atoms with E-state index in [9.17, 15) is 0 Å². The van der Waals surface area contributed by atoms with Gasteiger partial charge in [0.05, 0.1) is 5.41 Å². The van der Waals surface area contributed by atoms with Crippen molar-refractivity contribution >= 4 is 22.5 Å². The fourth-order valence-electron chi connectivity index (χ4n) is 7.38. The molecule has 0 unspecified atom stereocenters. The van der Waals surface area contributed by atoms with Gasteiger partial charge in [-0.3, -0.25) is 0 Å². The van der Waals surface area contributed by atoms with Crippen LogP contribution in [0.15, 0.2) is 168 Å². The maximum atomic E-state index is 2.43. The highest BCUT2D eigenvalue weighted by Crippen LogP contribution is 2.57. The van der Waals surface area contributed by atoms with Crippen molar-refractivity contribution in [1.82, 2.24) is 0 Å². The summed E-state index contributed by atoms with van der Waals surface area (Å²) in [5, 5.41) is 2.66. The maximum absolute atomic E-state index is 2.43. The lowest BCUT2D eigenvalue weighted by Gasteiger charge is -2.33. The van der Waals surface area contributed by atoms with Gasteiger partial charge in [-0.2, -0.15) is 0 Å². The van der Waals surface area contributed by atoms with Crippen LogP contribution in [-0.2, 0) is 5.41 Å². The minimum Gasteiger partial charge on any atom is -0.0888 e. The number of hydrogen-bond donors (Lipinski definition) is 0. The average Bonchev–Trinajstić information content (AvgIpc) is 3.36. The minimum atomic E-state index is -0.368. The van der Waals surface area contributed by atoms with Crippen LogP contribution in [0.2, 0.25) is 0 Å². The summed E-state index contributed by atoms with van der Waals surface area (Å²) in [5.74, 6) is 0. The molecule has 0 bridgehead atoms. The fraction of sp³-hybridized carbons (Fsp3) is 0.0244. The fourth-order valence-corrected chi connectivity index (χ4v) is 8.53. The molecule has 0 saturated heterocycles. The zero-order chi connectivity index (χ0) is 27.7. The molecule has 2 aliphatic rings. The van der Waals surface area contributed by atoms with Crippen molar-refractivity contribution in [3.8, 4) is 33.4 Å². The Kier molecular flexibility index (Phi) is 5.15. The van der Waals surface area contributed by atoms with E-state index in [0.29, 0.717) is 0 Å². The molecule has 1 aliphatic carbocycles. The standard InChI is InChI=1S/C41H26S/c1-3-13-30(14-4-1)41(31-15-5-2-6-16-31)36-19-9-7-17-32(36)34-25-27(22-23-37(34)41)29-24-28-12-11-21-39-40(28)35(26-29)33-18-8-10-20-38(33)42-39/h1-26H. The summed E-state index contributed by atoms with van der Waals surface area (Å²) >= 11 is 1.88. The third-order valence-corrected chi connectivity index (χ3v) is 10.3. The van der Waals surface area contributed by atoms with Crippen LogP contribution < -0.4 is 0 Å². The maximum Gasteiger partial charge on any atom is 0.0713 e. The first-order valence-electron chi connectivity index (χ1n) is 14.5. The van der Waals surface area contributed by atoms with E-state index in [1.807, 2.05) is 11.8 Å². The average molecular weight is 551 g/mol. The first-order valence-corrected chi connectivity index (χ1v) is 15.3. The van der Waals surface area contributed by atoms with Crippen LogP contribution in [0.5, 0.6) is 0 Å². The molecule has 0 spiro atoms. The van der Waals surface area contributed by atoms with Crippen molar-refractivity contribution in [2.24, 2.45) is 0 Å². The lowest BCUT2D eigenvalue weighted by Crippen LogP contribution is -2.28. The van der Waals surface area contributed by atoms with E-state index >= 15 is 0 Å². The molecule has 0 aromatic heterocycles. The van der Waals surface area contributed by atoms with Gasteiger partial charge in [0, 0.05) is 15.2 Å². The summed E-state index contributed by atoms with van der Waals surface area (Å²) < 4.78 is 0. The highest BCUT2D eigenvalue weighted by atomic mass is 32.2. The minimum absolute atomic E-state index is 0.368. The Morgan fingerprint density at radius 3 is 1.79 bits per heavy atom. The van der Waals surface area contributed by atoms with Crippen LogP contribution in [0.1, 0.15) is 22.3 Å². The molecule has 0 radical (unpaired) electrons. The predicted molar refractivity (Wildman–Crippen MR) is 176 cm³/mol. The van der Waals surface area contributed by atoms with E-state index in [4.69, 9.17) is 0 Å². The highest BCUT2D eigenvalue weighted by Gasteiger charge is 2.45. The van der Waals surface area contributed by atoms with E-state index in [-0.39, 0.29) is 5.41 Å². The SMILES string of the molecule is c1ccc(C2(c3ccccc3)c3ccccc3-c3cc(-c4cc5c6c(cccc6c4)Sc4ccccc4-5)ccc32)cc1. The number of rotatable bonds is 3. The molecule has 1 heterocycles. The van der Waals surface area contributed by atoms with Gasteiger partial charge < -0.3 is 0 Å². The van der Waals surface area contributed by atoms with Crippen LogP contribution in [0.4, 0.5) is 0 Å². The zero-order valence-corrected chi connectivity index (χ0v) is 23.7. The van der Waals surface area contributed by atoms with E-state index in [0.717, 1.165) is 0 Å². The number of hydrogen-bond acceptors (Lipinski definition) is 1. The van der Waals surface area contributed by atoms with Crippen LogP contribution in [0, 0.1) is 0 Å². The molecule has 0 nitrogen and oxygen atoms in total. The molecule has 0 amide bonds. The summed E-state index contributed by atoms with van der Waals surface area (Å²) in [4.78, 5) is 2.67. The summed E-state index contributed by atoms with van der Waals surface area (Å²) in [6.45, 7) is 0. The van der Waals surface area contributed by atoms with Gasteiger partial charge in [-0.1, -0.05) is 139 Å². The van der Waals surface area contributed by atoms with Crippen LogP contribution in [0.25, 0.3) is 44.2 Å². The summed E-state index contributed by atoms with van der Waals surface area (Å²) in [5.41, 5.74) is 12.7. The zero-order valence-electron chi connectivity index (χ0n) is 22.9. The van der Waals surface area contributed by atoms with Crippen molar-refractivity contribution in [3.63, 3.8) is 0 Å². The van der Waals surface area contributed by atoms with Crippen molar-refractivity contribution in [2.45, 2.75) is 15.2 Å². The normalized spacial score (nSPS) is 13.8. The third kappa shape index (κ3) is 3.26. The molecule has 0 fully saturated rings. The molecule has 7 aromatic rings. The predicted octanol–water partition coefficient (Wildman–Crippen LogP) is 11.0. The van der Waals surface area contributed by atoms with Crippen LogP contribution in [0.3, 0.4) is 0 Å². The molecule has 9 rings (SSSR count). The van der Waals surface area contributed by atoms with E-state index in [2.05, 4.69) is 158 Å². The third-order valence-electron chi connectivity index (χ3n) is 9.13. The second-order valence-corrected chi connectivity index (χ2v) is 12.3. The first-order chi connectivity index (χ1) is 20.8. The molecule has 0 atom stereocenters. The van der Waals surface area contributed by atoms with E-state index in [1.54, 1.807) is 0 Å². The Balaban J connectivity index is 1.31. The van der Waals surface area contributed by atoms with Gasteiger partial charge in [-0.05, 0) is 91.4 Å². The van der Waals surface area contributed by atoms with Gasteiger partial charge in [-0.15, -0.1) is 0 Å². The second-order valence-electron chi connectivity index (χ2n) is 11.3. The molecule has 7 aromatic carbocycles. The molecule has 0 N–H and O–H groups in total. The Bertz CT molecular complexity index is 2120. The Morgan fingerprint density at radius 1 is 0.381 bits per heavy atom. The van der Waals surface area contributed by atoms with Gasteiger partial charge in [0.15, 0.2) is 0 Å². The Labute approximate surface area is 250 Å². The quantitative estimate of drug-likeness (QED) is 0.211. The van der Waals surface area contributed by atoms with E-state index in [1.165, 1.54) is 76.2 Å². The monoisotopic (exact) mass is 550 g/mol. The summed E-state index contributed by atoms with van der Waals surface area (Å²) in [7, 11) is 0. The van der Waals surface area contributed by atoms with Crippen molar-refractivity contribution in [3.05, 3.63) is 180 Å². The van der Waals surface area contributed by atoms with Crippen LogP contribution >= 0.6 is 11.8 Å². The van der Waals surface area contributed by atoms with Crippen LogP contribution in [-0.4, -0.2) is 0 Å². The van der Waals surface area contributed by atoms with E-state index < -0.39 is 0 Å². The van der Waals surface area contributed by atoms with Crippen molar-refractivity contribution < 1.29 is 0 Å². The molecular formula is C41H26S. The highest BCUT2D eigenvalue weighted by molar-refractivity contribution is 7.99.